The number of nitrogens with one attached hydrogen (secondary N) is 4. The zero-order valence-electron chi connectivity index (χ0n) is 47.9. The largest absolute Gasteiger partial charge is 0.467 e. The summed E-state index contributed by atoms with van der Waals surface area (Å²) in [6, 6.07) is 46.5. The monoisotopic (exact) mass is 1150 g/mol. The quantitative estimate of drug-likeness (QED) is 0.0354. The van der Waals surface area contributed by atoms with Crippen LogP contribution in [0.15, 0.2) is 182 Å². The van der Waals surface area contributed by atoms with Crippen molar-refractivity contribution in [2.75, 3.05) is 14.2 Å². The van der Waals surface area contributed by atoms with Gasteiger partial charge in [0.2, 0.25) is 0 Å². The number of nitrogens with zero attached hydrogens (tertiary/aromatic N) is 2. The van der Waals surface area contributed by atoms with E-state index in [1.165, 1.54) is 0 Å². The van der Waals surface area contributed by atoms with E-state index in [-0.39, 0.29) is 26.4 Å². The summed E-state index contributed by atoms with van der Waals surface area (Å²) in [5.74, 6) is -1.92. The highest BCUT2D eigenvalue weighted by atomic mass is 16.6. The minimum atomic E-state index is -1.64. The first kappa shape index (κ1) is 64.7. The Morgan fingerprint density at radius 1 is 0.369 bits per heavy atom. The van der Waals surface area contributed by atoms with Crippen molar-refractivity contribution in [1.29, 1.82) is 0 Å². The highest BCUT2D eigenvalue weighted by molar-refractivity contribution is 5.86. The predicted octanol–water partition coefficient (Wildman–Crippen LogP) is 10.5. The molecule has 6 amide bonds. The lowest BCUT2D eigenvalue weighted by molar-refractivity contribution is -0.149. The number of esters is 2. The fraction of sp³-hybridized carbons (Fsp3) is 0.290. The maximum atomic E-state index is 13.5. The maximum Gasteiger partial charge on any atom is 0.430 e. The highest BCUT2D eigenvalue weighted by Gasteiger charge is 2.44. The van der Waals surface area contributed by atoms with Crippen molar-refractivity contribution in [2.45, 2.75) is 103 Å². The van der Waals surface area contributed by atoms with Crippen LogP contribution in [0.5, 0.6) is 0 Å². The molecule has 6 aromatic rings. The Labute approximate surface area is 487 Å². The van der Waals surface area contributed by atoms with E-state index in [9.17, 15) is 38.4 Å². The molecule has 0 aromatic heterocycles. The number of rotatable bonds is 18. The minimum absolute atomic E-state index is 0.110. The summed E-state index contributed by atoms with van der Waals surface area (Å²) in [5.41, 5.74) is 6.47. The molecule has 22 nitrogen and oxygen atoms in total. The number of methoxy groups -OCH3 is 2. The van der Waals surface area contributed by atoms with Gasteiger partial charge in [0.05, 0.1) is 26.3 Å². The summed E-state index contributed by atoms with van der Waals surface area (Å²) in [6.45, 7) is 9.53. The average Bonchev–Trinajstić information content (AvgIpc) is 2.68. The second-order valence-electron chi connectivity index (χ2n) is 20.2. The summed E-state index contributed by atoms with van der Waals surface area (Å²) in [4.78, 5) is 105. The number of hydrogen-bond donors (Lipinski definition) is 4. The molecule has 0 spiro atoms. The van der Waals surface area contributed by atoms with Crippen LogP contribution < -0.4 is 21.5 Å². The van der Waals surface area contributed by atoms with Gasteiger partial charge in [-0.05, 0) is 74.9 Å². The molecule has 4 N–H and O–H groups in total. The highest BCUT2D eigenvalue weighted by Crippen LogP contribution is 2.26. The fourth-order valence-corrected chi connectivity index (χ4v) is 7.64. The number of alkyl carbamates (subject to hydrolysis) is 2. The first-order chi connectivity index (χ1) is 40.1. The van der Waals surface area contributed by atoms with Crippen LogP contribution in [0.1, 0.15) is 87.0 Å². The number of benzene rings is 6. The molecule has 0 fully saturated rings. The van der Waals surface area contributed by atoms with Crippen molar-refractivity contribution >= 4 is 48.5 Å². The molecule has 0 radical (unpaired) electrons. The van der Waals surface area contributed by atoms with E-state index in [2.05, 4.69) is 21.5 Å². The second-order valence-corrected chi connectivity index (χ2v) is 20.2. The van der Waals surface area contributed by atoms with E-state index in [0.717, 1.165) is 14.2 Å². The molecule has 0 aliphatic rings. The number of amides is 6. The first-order valence-corrected chi connectivity index (χ1v) is 26.3. The van der Waals surface area contributed by atoms with E-state index < -0.39 is 83.9 Å². The van der Waals surface area contributed by atoms with Gasteiger partial charge in [-0.25, -0.2) is 49.2 Å². The Kier molecular flexibility index (Phi) is 24.9. The molecular formula is C62H70N6O16. The first-order valence-electron chi connectivity index (χ1n) is 26.3. The van der Waals surface area contributed by atoms with Crippen molar-refractivity contribution in [1.82, 2.24) is 31.5 Å². The Morgan fingerprint density at radius 3 is 0.869 bits per heavy atom. The Hall–Kier alpha value is -10.1. The van der Waals surface area contributed by atoms with Gasteiger partial charge in [-0.15, -0.1) is 0 Å². The normalized spacial score (nSPS) is 12.2. The summed E-state index contributed by atoms with van der Waals surface area (Å²) in [5, 5.41) is 6.58. The summed E-state index contributed by atoms with van der Waals surface area (Å²) in [6.07, 6.45) is -6.03. The van der Waals surface area contributed by atoms with Gasteiger partial charge in [0.15, 0.2) is 12.1 Å². The molecular weight excluding hydrogens is 1080 g/mol. The maximum absolute atomic E-state index is 13.5. The van der Waals surface area contributed by atoms with Crippen molar-refractivity contribution in [3.63, 3.8) is 0 Å². The molecule has 0 aliphatic carbocycles. The molecule has 0 saturated heterocycles. The number of carbonyl (C=O) groups excluding carboxylic acids is 8. The zero-order valence-corrected chi connectivity index (χ0v) is 47.9. The van der Waals surface area contributed by atoms with Gasteiger partial charge in [0, 0.05) is 0 Å². The lowest BCUT2D eigenvalue weighted by Gasteiger charge is -2.34. The molecule has 22 heteroatoms. The van der Waals surface area contributed by atoms with E-state index >= 15 is 0 Å². The zero-order chi connectivity index (χ0) is 61.1. The minimum Gasteiger partial charge on any atom is -0.467 e. The van der Waals surface area contributed by atoms with Crippen LogP contribution >= 0.6 is 0 Å². The van der Waals surface area contributed by atoms with Crippen LogP contribution in [-0.2, 0) is 73.9 Å². The van der Waals surface area contributed by atoms with E-state index in [1.807, 2.05) is 24.3 Å². The van der Waals surface area contributed by atoms with Gasteiger partial charge in [0.25, 0.3) is 0 Å². The Morgan fingerprint density at radius 2 is 0.619 bits per heavy atom. The molecule has 0 aliphatic heterocycles. The van der Waals surface area contributed by atoms with Crippen LogP contribution in [0.2, 0.25) is 0 Å². The van der Waals surface area contributed by atoms with Gasteiger partial charge in [-0.2, -0.15) is 10.0 Å². The molecule has 444 valence electrons. The van der Waals surface area contributed by atoms with Gasteiger partial charge in [0.1, 0.15) is 37.6 Å². The molecule has 0 bridgehead atoms. The molecule has 0 saturated carbocycles. The van der Waals surface area contributed by atoms with Crippen molar-refractivity contribution < 1.29 is 76.3 Å². The average molecular weight is 1160 g/mol. The van der Waals surface area contributed by atoms with Gasteiger partial charge in [-0.1, -0.05) is 182 Å². The number of carbonyl (C=O) groups is 8. The smallest absolute Gasteiger partial charge is 0.430 e. The number of ether oxygens (including phenoxy) is 8. The predicted molar refractivity (Wildman–Crippen MR) is 305 cm³/mol. The second kappa shape index (κ2) is 32.4. The summed E-state index contributed by atoms with van der Waals surface area (Å²) >= 11 is 0. The van der Waals surface area contributed by atoms with Crippen molar-refractivity contribution in [3.05, 3.63) is 215 Å². The number of hydrogen-bond acceptors (Lipinski definition) is 16. The van der Waals surface area contributed by atoms with Crippen LogP contribution in [0, 0.1) is 0 Å². The molecule has 6 aromatic carbocycles. The molecule has 0 heterocycles. The fourth-order valence-electron chi connectivity index (χ4n) is 7.64. The lowest BCUT2D eigenvalue weighted by Crippen LogP contribution is -2.60. The third-order valence-electron chi connectivity index (χ3n) is 11.4. The molecule has 6 rings (SSSR count). The summed E-state index contributed by atoms with van der Waals surface area (Å²) < 4.78 is 42.4. The standard InChI is InChI=1S/2C31H35N3O8/c2*1-31(2,3)42-28(36)32-25(24-18-12-7-13-19-24)26(27(35)39-4)34(30(38)41-21-23-16-10-6-11-17-23)33-29(37)40-20-22-14-8-5-9-15-22/h2*5-19,25-26H,20-21H2,1-4H3,(H,32,36)(H,33,37)/t2*25-,26+/m10/s1. The third kappa shape index (κ3) is 22.1. The van der Waals surface area contributed by atoms with Gasteiger partial charge < -0.3 is 48.5 Å². The van der Waals surface area contributed by atoms with Crippen LogP contribution in [-0.4, -0.2) is 96.0 Å². The van der Waals surface area contributed by atoms with Crippen LogP contribution in [0.25, 0.3) is 0 Å². The summed E-state index contributed by atoms with van der Waals surface area (Å²) in [7, 11) is 2.23. The van der Waals surface area contributed by atoms with E-state index in [1.54, 1.807) is 199 Å². The van der Waals surface area contributed by atoms with Crippen molar-refractivity contribution in [3.8, 4) is 0 Å². The SMILES string of the molecule is COC(=O)[C@@H]([C@@H](NC(=O)OC(C)(C)C)c1ccccc1)N(NC(=O)OCc1ccccc1)C(=O)OCc1ccccc1.COC(=O)[C@H]([C@H](NC(=O)OC(C)(C)C)c1ccccc1)N(NC(=O)OCc1ccccc1)C(=O)OCc1ccccc1. The molecule has 4 atom stereocenters. The Bertz CT molecular complexity index is 2840. The van der Waals surface area contributed by atoms with Gasteiger partial charge >= 0.3 is 48.5 Å². The van der Waals surface area contributed by atoms with Gasteiger partial charge in [-0.3, -0.25) is 0 Å². The number of hydrazine groups is 2. The Balaban J connectivity index is 0.000000307. The topological polar surface area (TPSA) is 265 Å². The molecule has 0 unspecified atom stereocenters. The third-order valence-corrected chi connectivity index (χ3v) is 11.4. The lowest BCUT2D eigenvalue weighted by atomic mass is 9.99. The molecule has 84 heavy (non-hydrogen) atoms. The van der Waals surface area contributed by atoms with E-state index in [0.29, 0.717) is 43.4 Å². The van der Waals surface area contributed by atoms with Crippen LogP contribution in [0.3, 0.4) is 0 Å². The van der Waals surface area contributed by atoms with Crippen LogP contribution in [0.4, 0.5) is 28.8 Å². The van der Waals surface area contributed by atoms with E-state index in [4.69, 9.17) is 37.9 Å². The van der Waals surface area contributed by atoms with Crippen molar-refractivity contribution in [2.24, 2.45) is 0 Å².